The second-order valence-electron chi connectivity index (χ2n) is 14.4. The first-order valence-electron chi connectivity index (χ1n) is 17.2. The Kier molecular flexibility index (Phi) is 11.2. The number of aromatic nitrogens is 5. The highest BCUT2D eigenvalue weighted by Gasteiger charge is 2.30. The number of pyridine rings is 1. The number of benzene rings is 2. The first kappa shape index (κ1) is 39.1. The molecule has 0 fully saturated rings. The Hall–Kier alpha value is -6.12. The highest BCUT2D eigenvalue weighted by atomic mass is 16.6. The molecule has 0 saturated carbocycles. The van der Waals surface area contributed by atoms with E-state index in [-0.39, 0.29) is 17.4 Å². The highest BCUT2D eigenvalue weighted by molar-refractivity contribution is 5.96. The van der Waals surface area contributed by atoms with Crippen LogP contribution in [0.4, 0.5) is 21.2 Å². The van der Waals surface area contributed by atoms with Crippen molar-refractivity contribution in [3.8, 4) is 40.3 Å². The molecule has 5 aromatic rings. The number of carbonyl (C=O) groups excluding carboxylic acids is 2. The van der Waals surface area contributed by atoms with Crippen molar-refractivity contribution in [3.63, 3.8) is 0 Å². The Morgan fingerprint density at radius 1 is 0.833 bits per heavy atom. The van der Waals surface area contributed by atoms with Gasteiger partial charge in [0.1, 0.15) is 63.2 Å². The van der Waals surface area contributed by atoms with Gasteiger partial charge in [-0.25, -0.2) is 24.5 Å². The van der Waals surface area contributed by atoms with Gasteiger partial charge in [-0.15, -0.1) is 4.68 Å². The lowest BCUT2D eigenvalue weighted by Gasteiger charge is -2.25. The van der Waals surface area contributed by atoms with E-state index in [1.165, 1.54) is 18.3 Å². The third-order valence-electron chi connectivity index (χ3n) is 8.03. The van der Waals surface area contributed by atoms with Gasteiger partial charge in [0, 0.05) is 36.9 Å². The van der Waals surface area contributed by atoms with E-state index in [1.54, 1.807) is 81.1 Å². The number of ether oxygens (including phenoxy) is 6. The first-order chi connectivity index (χ1) is 25.4. The van der Waals surface area contributed by atoms with Crippen LogP contribution >= 0.6 is 0 Å². The predicted octanol–water partition coefficient (Wildman–Crippen LogP) is 8.09. The molecule has 5 rings (SSSR count). The zero-order valence-corrected chi connectivity index (χ0v) is 32.8. The molecule has 0 aliphatic rings. The van der Waals surface area contributed by atoms with Gasteiger partial charge in [-0.2, -0.15) is 5.10 Å². The zero-order valence-electron chi connectivity index (χ0n) is 32.8. The third kappa shape index (κ3) is 8.73. The second kappa shape index (κ2) is 15.5. The number of carbonyl (C=O) groups is 2. The molecule has 0 saturated heterocycles. The number of nitrogens with zero attached hydrogens (tertiary/aromatic N) is 6. The molecule has 0 bridgehead atoms. The van der Waals surface area contributed by atoms with E-state index in [4.69, 9.17) is 33.4 Å². The Balaban J connectivity index is 1.68. The van der Waals surface area contributed by atoms with Crippen LogP contribution in [0.2, 0.25) is 0 Å². The maximum Gasteiger partial charge on any atom is 0.437 e. The lowest BCUT2D eigenvalue weighted by molar-refractivity contribution is 0.0513. The molecule has 0 spiro atoms. The van der Waals surface area contributed by atoms with Gasteiger partial charge in [-0.1, -0.05) is 6.07 Å². The molecule has 0 atom stereocenters. The molecular formula is C39H47N7O8. The summed E-state index contributed by atoms with van der Waals surface area (Å²) in [6.07, 6.45) is -0.0796. The Morgan fingerprint density at radius 3 is 2.19 bits per heavy atom. The molecule has 0 unspecified atom stereocenters. The van der Waals surface area contributed by atoms with Crippen LogP contribution in [0.1, 0.15) is 58.2 Å². The van der Waals surface area contributed by atoms with Gasteiger partial charge in [0.15, 0.2) is 0 Å². The van der Waals surface area contributed by atoms with Gasteiger partial charge in [0.2, 0.25) is 5.88 Å². The number of methoxy groups -OCH3 is 3. The van der Waals surface area contributed by atoms with Crippen molar-refractivity contribution in [2.75, 3.05) is 38.6 Å². The van der Waals surface area contributed by atoms with Crippen molar-refractivity contribution in [1.29, 1.82) is 0 Å². The van der Waals surface area contributed by atoms with Crippen LogP contribution in [0.15, 0.2) is 48.8 Å². The molecule has 3 aromatic heterocycles. The minimum Gasteiger partial charge on any atom is -0.497 e. The van der Waals surface area contributed by atoms with E-state index in [0.717, 1.165) is 21.4 Å². The molecule has 286 valence electrons. The van der Waals surface area contributed by atoms with Crippen molar-refractivity contribution in [1.82, 2.24) is 24.7 Å². The van der Waals surface area contributed by atoms with Crippen molar-refractivity contribution in [3.05, 3.63) is 65.5 Å². The fourth-order valence-corrected chi connectivity index (χ4v) is 5.45. The maximum atomic E-state index is 13.5. The standard InChI is InChI=1S/C39H47N7O8/c1-22-13-16-29(50-11)23(2)33(22)52-35-32-28(41-21-42-34(32)40-20-24-14-15-25(49-10)17-30(24)51-12)18-26(43-35)27-19-31(45(9)36(47)53-38(3,4)5)46(44-27)37(48)54-39(6,7)8/h13-19,21H,20H2,1-12H3,(H,40,41,42). The molecule has 0 aliphatic carbocycles. The summed E-state index contributed by atoms with van der Waals surface area (Å²) in [6.45, 7) is 14.6. The smallest absolute Gasteiger partial charge is 0.437 e. The van der Waals surface area contributed by atoms with Crippen LogP contribution in [-0.4, -0.2) is 76.5 Å². The van der Waals surface area contributed by atoms with Crippen molar-refractivity contribution < 1.29 is 38.0 Å². The van der Waals surface area contributed by atoms with Crippen LogP contribution < -0.4 is 29.2 Å². The normalized spacial score (nSPS) is 11.6. The average molecular weight is 742 g/mol. The lowest BCUT2D eigenvalue weighted by Crippen LogP contribution is -2.37. The fourth-order valence-electron chi connectivity index (χ4n) is 5.45. The molecule has 1 N–H and O–H groups in total. The van der Waals surface area contributed by atoms with Gasteiger partial charge >= 0.3 is 12.2 Å². The minimum absolute atomic E-state index is 0.0934. The van der Waals surface area contributed by atoms with Gasteiger partial charge in [-0.05, 0) is 85.2 Å². The Labute approximate surface area is 314 Å². The topological polar surface area (TPSA) is 161 Å². The number of fused-ring (bicyclic) bond motifs is 1. The van der Waals surface area contributed by atoms with E-state index in [2.05, 4.69) is 20.4 Å². The van der Waals surface area contributed by atoms with E-state index >= 15 is 0 Å². The van der Waals surface area contributed by atoms with Crippen LogP contribution in [0.25, 0.3) is 22.3 Å². The second-order valence-corrected chi connectivity index (χ2v) is 14.4. The largest absolute Gasteiger partial charge is 0.497 e. The van der Waals surface area contributed by atoms with Gasteiger partial charge in [-0.3, -0.25) is 4.90 Å². The molecule has 0 radical (unpaired) electrons. The summed E-state index contributed by atoms with van der Waals surface area (Å²) in [6, 6.07) is 12.6. The number of aryl methyl sites for hydroxylation is 1. The molecular weight excluding hydrogens is 694 g/mol. The summed E-state index contributed by atoms with van der Waals surface area (Å²) >= 11 is 0. The quantitative estimate of drug-likeness (QED) is 0.146. The van der Waals surface area contributed by atoms with Crippen LogP contribution in [0.3, 0.4) is 0 Å². The van der Waals surface area contributed by atoms with Crippen molar-refractivity contribution in [2.45, 2.75) is 73.1 Å². The third-order valence-corrected chi connectivity index (χ3v) is 8.03. The summed E-state index contributed by atoms with van der Waals surface area (Å²) in [5.74, 6) is 3.13. The fraction of sp³-hybridized carbons (Fsp3) is 0.385. The number of amides is 1. The van der Waals surface area contributed by atoms with Crippen molar-refractivity contribution in [2.24, 2.45) is 0 Å². The SMILES string of the molecule is COc1ccc(CNc2ncnc3cc(-c4cc(N(C)C(=O)OC(C)(C)C)n(C(=O)OC(C)(C)C)n4)nc(Oc4c(C)ccc(OC)c4C)c23)c(OC)c1. The van der Waals surface area contributed by atoms with Gasteiger partial charge < -0.3 is 33.7 Å². The molecule has 54 heavy (non-hydrogen) atoms. The molecule has 15 nitrogen and oxygen atoms in total. The number of hydrogen-bond acceptors (Lipinski definition) is 13. The van der Waals surface area contributed by atoms with E-state index in [9.17, 15) is 9.59 Å². The average Bonchev–Trinajstić information content (AvgIpc) is 3.56. The number of anilines is 2. The lowest BCUT2D eigenvalue weighted by atomic mass is 10.1. The summed E-state index contributed by atoms with van der Waals surface area (Å²) in [4.78, 5) is 42.0. The minimum atomic E-state index is -0.851. The Morgan fingerprint density at radius 2 is 1.54 bits per heavy atom. The predicted molar refractivity (Wildman–Crippen MR) is 204 cm³/mol. The monoisotopic (exact) mass is 741 g/mol. The highest BCUT2D eigenvalue weighted by Crippen LogP contribution is 2.40. The number of rotatable bonds is 10. The number of nitrogens with one attached hydrogen (secondary N) is 1. The van der Waals surface area contributed by atoms with Crippen LogP contribution in [0.5, 0.6) is 28.9 Å². The van der Waals surface area contributed by atoms with Crippen LogP contribution in [0, 0.1) is 13.8 Å². The van der Waals surface area contributed by atoms with Gasteiger partial charge in [0.25, 0.3) is 0 Å². The maximum absolute atomic E-state index is 13.5. The van der Waals surface area contributed by atoms with E-state index in [1.807, 2.05) is 38.1 Å². The molecule has 1 amide bonds. The summed E-state index contributed by atoms with van der Waals surface area (Å²) in [5.41, 5.74) is 1.77. The molecule has 3 heterocycles. The molecule has 15 heteroatoms. The van der Waals surface area contributed by atoms with Crippen LogP contribution in [-0.2, 0) is 16.0 Å². The van der Waals surface area contributed by atoms with E-state index in [0.29, 0.717) is 52.0 Å². The van der Waals surface area contributed by atoms with E-state index < -0.39 is 23.4 Å². The van der Waals surface area contributed by atoms with Crippen molar-refractivity contribution >= 4 is 34.7 Å². The summed E-state index contributed by atoms with van der Waals surface area (Å²) in [5, 5.41) is 8.46. The zero-order chi connectivity index (χ0) is 39.5. The first-order valence-corrected chi connectivity index (χ1v) is 17.2. The number of hydrogen-bond donors (Lipinski definition) is 1. The summed E-state index contributed by atoms with van der Waals surface area (Å²) in [7, 11) is 6.26. The summed E-state index contributed by atoms with van der Waals surface area (Å²) < 4.78 is 35.5. The Bertz CT molecular complexity index is 2190. The van der Waals surface area contributed by atoms with Gasteiger partial charge in [0.05, 0.1) is 32.5 Å². The molecule has 0 aliphatic heterocycles. The molecule has 2 aromatic carbocycles.